The van der Waals surface area contributed by atoms with Crippen LogP contribution in [0.2, 0.25) is 0 Å². The minimum absolute atomic E-state index is 0.0739. The van der Waals surface area contributed by atoms with Crippen molar-refractivity contribution in [2.75, 3.05) is 6.54 Å². The van der Waals surface area contributed by atoms with Gasteiger partial charge in [-0.05, 0) is 48.8 Å². The Morgan fingerprint density at radius 1 is 1.26 bits per heavy atom. The normalized spacial score (nSPS) is 26.4. The number of benzene rings is 1. The Labute approximate surface area is 117 Å². The van der Waals surface area contributed by atoms with Gasteiger partial charge in [-0.2, -0.15) is 0 Å². The zero-order valence-electron chi connectivity index (χ0n) is 12.4. The number of hydrogen-bond donors (Lipinski definition) is 2. The maximum absolute atomic E-state index is 10.7. The summed E-state index contributed by atoms with van der Waals surface area (Å²) in [6.07, 6.45) is 3.33. The van der Waals surface area contributed by atoms with Crippen LogP contribution < -0.4 is 5.73 Å². The van der Waals surface area contributed by atoms with E-state index in [0.717, 1.165) is 6.42 Å². The number of aliphatic hydroxyl groups is 1. The summed E-state index contributed by atoms with van der Waals surface area (Å²) in [5.74, 6) is 1.11. The van der Waals surface area contributed by atoms with Gasteiger partial charge in [0.05, 0.1) is 6.10 Å². The van der Waals surface area contributed by atoms with Gasteiger partial charge in [-0.1, -0.05) is 38.0 Å². The smallest absolute Gasteiger partial charge is 0.0651 e. The van der Waals surface area contributed by atoms with Crippen LogP contribution in [-0.4, -0.2) is 17.8 Å². The molecule has 0 amide bonds. The molecule has 3 N–H and O–H groups in total. The summed E-state index contributed by atoms with van der Waals surface area (Å²) < 4.78 is 0. The van der Waals surface area contributed by atoms with E-state index in [9.17, 15) is 5.11 Å². The van der Waals surface area contributed by atoms with Gasteiger partial charge in [0.1, 0.15) is 0 Å². The van der Waals surface area contributed by atoms with Gasteiger partial charge < -0.3 is 10.8 Å². The van der Waals surface area contributed by atoms with Gasteiger partial charge in [0.25, 0.3) is 0 Å². The van der Waals surface area contributed by atoms with Crippen LogP contribution in [0.25, 0.3) is 0 Å². The molecule has 19 heavy (non-hydrogen) atoms. The lowest BCUT2D eigenvalue weighted by molar-refractivity contribution is 0.0664. The second-order valence-electron chi connectivity index (χ2n) is 6.25. The summed E-state index contributed by atoms with van der Waals surface area (Å²) in [7, 11) is 0. The van der Waals surface area contributed by atoms with Crippen LogP contribution in [0, 0.1) is 25.7 Å². The third-order valence-electron chi connectivity index (χ3n) is 4.99. The van der Waals surface area contributed by atoms with E-state index in [-0.39, 0.29) is 12.0 Å². The SMILES string of the molecule is Cc1ccc(C(CN)C(O)C2CCCC2C)cc1C. The van der Waals surface area contributed by atoms with Gasteiger partial charge >= 0.3 is 0 Å². The molecule has 1 saturated carbocycles. The Kier molecular flexibility index (Phi) is 4.64. The molecular weight excluding hydrogens is 234 g/mol. The van der Waals surface area contributed by atoms with E-state index in [1.165, 1.54) is 29.5 Å². The second-order valence-corrected chi connectivity index (χ2v) is 6.25. The van der Waals surface area contributed by atoms with Gasteiger partial charge in [0, 0.05) is 12.5 Å². The predicted octanol–water partition coefficient (Wildman–Crippen LogP) is 3.14. The third-order valence-corrected chi connectivity index (χ3v) is 4.99. The van der Waals surface area contributed by atoms with Gasteiger partial charge in [-0.25, -0.2) is 0 Å². The molecule has 0 radical (unpaired) electrons. The summed E-state index contributed by atoms with van der Waals surface area (Å²) in [5, 5.41) is 10.7. The Morgan fingerprint density at radius 3 is 2.53 bits per heavy atom. The van der Waals surface area contributed by atoms with E-state index < -0.39 is 0 Å². The topological polar surface area (TPSA) is 46.2 Å². The molecule has 106 valence electrons. The maximum Gasteiger partial charge on any atom is 0.0651 e. The van der Waals surface area contributed by atoms with Gasteiger partial charge in [-0.15, -0.1) is 0 Å². The Bertz CT molecular complexity index is 429. The van der Waals surface area contributed by atoms with Crippen molar-refractivity contribution >= 4 is 0 Å². The first kappa shape index (κ1) is 14.5. The zero-order valence-corrected chi connectivity index (χ0v) is 12.4. The number of aryl methyl sites for hydroxylation is 2. The lowest BCUT2D eigenvalue weighted by Crippen LogP contribution is -2.33. The molecule has 0 spiro atoms. The first-order valence-electron chi connectivity index (χ1n) is 7.50. The fourth-order valence-electron chi connectivity index (χ4n) is 3.45. The minimum Gasteiger partial charge on any atom is -0.392 e. The van der Waals surface area contributed by atoms with Crippen LogP contribution in [0.3, 0.4) is 0 Å². The van der Waals surface area contributed by atoms with E-state index in [2.05, 4.69) is 39.0 Å². The molecule has 0 saturated heterocycles. The van der Waals surface area contributed by atoms with E-state index in [0.29, 0.717) is 18.4 Å². The summed E-state index contributed by atoms with van der Waals surface area (Å²) in [5.41, 5.74) is 9.71. The van der Waals surface area contributed by atoms with E-state index in [1.54, 1.807) is 0 Å². The molecule has 2 heteroatoms. The highest BCUT2D eigenvalue weighted by atomic mass is 16.3. The molecule has 4 unspecified atom stereocenters. The minimum atomic E-state index is -0.301. The summed E-state index contributed by atoms with van der Waals surface area (Å²) in [6, 6.07) is 6.45. The number of aliphatic hydroxyl groups excluding tert-OH is 1. The van der Waals surface area contributed by atoms with Gasteiger partial charge in [-0.3, -0.25) is 0 Å². The van der Waals surface area contributed by atoms with Crippen molar-refractivity contribution in [2.45, 2.75) is 52.1 Å². The van der Waals surface area contributed by atoms with E-state index in [4.69, 9.17) is 5.73 Å². The molecule has 0 aromatic heterocycles. The molecule has 2 rings (SSSR count). The highest BCUT2D eigenvalue weighted by Crippen LogP contribution is 2.38. The van der Waals surface area contributed by atoms with E-state index >= 15 is 0 Å². The van der Waals surface area contributed by atoms with Crippen molar-refractivity contribution in [3.8, 4) is 0 Å². The van der Waals surface area contributed by atoms with Crippen molar-refractivity contribution < 1.29 is 5.11 Å². The molecule has 1 fully saturated rings. The van der Waals surface area contributed by atoms with Crippen molar-refractivity contribution in [3.05, 3.63) is 34.9 Å². The molecular formula is C17H27NO. The van der Waals surface area contributed by atoms with Crippen LogP contribution in [0.15, 0.2) is 18.2 Å². The van der Waals surface area contributed by atoms with Gasteiger partial charge in [0.15, 0.2) is 0 Å². The van der Waals surface area contributed by atoms with Crippen LogP contribution in [-0.2, 0) is 0 Å². The quantitative estimate of drug-likeness (QED) is 0.874. The van der Waals surface area contributed by atoms with Gasteiger partial charge in [0.2, 0.25) is 0 Å². The monoisotopic (exact) mass is 261 g/mol. The summed E-state index contributed by atoms with van der Waals surface area (Å²) >= 11 is 0. The fraction of sp³-hybridized carbons (Fsp3) is 0.647. The largest absolute Gasteiger partial charge is 0.392 e. The van der Waals surface area contributed by atoms with Crippen LogP contribution in [0.1, 0.15) is 48.8 Å². The molecule has 1 aromatic rings. The maximum atomic E-state index is 10.7. The molecule has 1 aliphatic carbocycles. The van der Waals surface area contributed by atoms with Crippen molar-refractivity contribution in [3.63, 3.8) is 0 Å². The van der Waals surface area contributed by atoms with Crippen LogP contribution in [0.5, 0.6) is 0 Å². The lowest BCUT2D eigenvalue weighted by atomic mass is 9.81. The first-order valence-corrected chi connectivity index (χ1v) is 7.50. The summed E-state index contributed by atoms with van der Waals surface area (Å²) in [4.78, 5) is 0. The molecule has 4 atom stereocenters. The molecule has 0 heterocycles. The average Bonchev–Trinajstić information content (AvgIpc) is 2.80. The van der Waals surface area contributed by atoms with Crippen molar-refractivity contribution in [2.24, 2.45) is 17.6 Å². The summed E-state index contributed by atoms with van der Waals surface area (Å²) in [6.45, 7) is 7.02. The first-order chi connectivity index (χ1) is 9.04. The lowest BCUT2D eigenvalue weighted by Gasteiger charge is -2.30. The second kappa shape index (κ2) is 6.06. The van der Waals surface area contributed by atoms with Crippen LogP contribution in [0.4, 0.5) is 0 Å². The standard InChI is InChI=1S/C17H27NO/c1-11-7-8-14(9-13(11)3)16(10-18)17(19)15-6-4-5-12(15)2/h7-9,12,15-17,19H,4-6,10,18H2,1-3H3. The Balaban J connectivity index is 2.20. The molecule has 0 bridgehead atoms. The molecule has 2 nitrogen and oxygen atoms in total. The van der Waals surface area contributed by atoms with Crippen molar-refractivity contribution in [1.29, 1.82) is 0 Å². The zero-order chi connectivity index (χ0) is 14.0. The molecule has 1 aromatic carbocycles. The van der Waals surface area contributed by atoms with Crippen molar-refractivity contribution in [1.82, 2.24) is 0 Å². The Morgan fingerprint density at radius 2 is 2.00 bits per heavy atom. The molecule has 1 aliphatic rings. The molecule has 0 aliphatic heterocycles. The number of hydrogen-bond acceptors (Lipinski definition) is 2. The predicted molar refractivity (Wildman–Crippen MR) is 80.2 cm³/mol. The fourth-order valence-corrected chi connectivity index (χ4v) is 3.45. The third kappa shape index (κ3) is 3.01. The number of nitrogens with two attached hydrogens (primary N) is 1. The average molecular weight is 261 g/mol. The number of rotatable bonds is 4. The van der Waals surface area contributed by atoms with E-state index in [1.807, 2.05) is 0 Å². The highest BCUT2D eigenvalue weighted by Gasteiger charge is 2.34. The van der Waals surface area contributed by atoms with Crippen LogP contribution >= 0.6 is 0 Å². The Hall–Kier alpha value is -0.860. The highest BCUT2D eigenvalue weighted by molar-refractivity contribution is 5.32.